The van der Waals surface area contributed by atoms with Crippen LogP contribution in [0.3, 0.4) is 0 Å². The van der Waals surface area contributed by atoms with E-state index in [4.69, 9.17) is 4.74 Å². The van der Waals surface area contributed by atoms with Crippen molar-refractivity contribution in [3.63, 3.8) is 0 Å². The number of rotatable bonds is 6. The number of hydrogen-bond acceptors (Lipinski definition) is 7. The van der Waals surface area contributed by atoms with Crippen LogP contribution in [0.15, 0.2) is 101 Å². The van der Waals surface area contributed by atoms with Gasteiger partial charge in [-0.3, -0.25) is 10.1 Å². The molecule has 1 N–H and O–H groups in total. The Morgan fingerprint density at radius 1 is 0.697 bits per heavy atom. The van der Waals surface area contributed by atoms with E-state index in [9.17, 15) is 21.6 Å². The van der Waals surface area contributed by atoms with E-state index in [1.807, 2.05) is 0 Å². The minimum atomic E-state index is -4.27. The summed E-state index contributed by atoms with van der Waals surface area (Å²) in [5, 5.41) is -0.107. The predicted octanol–water partition coefficient (Wildman–Crippen LogP) is 2.56. The molecule has 3 aromatic rings. The van der Waals surface area contributed by atoms with E-state index in [1.165, 1.54) is 24.3 Å². The van der Waals surface area contributed by atoms with Gasteiger partial charge in [-0.15, -0.1) is 0 Å². The molecule has 4 atom stereocenters. The van der Waals surface area contributed by atoms with E-state index >= 15 is 0 Å². The third-order valence-corrected chi connectivity index (χ3v) is 10.4. The third kappa shape index (κ3) is 4.19. The molecule has 0 bridgehead atoms. The largest absolute Gasteiger partial charge is 0.468 e. The molecule has 33 heavy (non-hydrogen) atoms. The van der Waals surface area contributed by atoms with Crippen molar-refractivity contribution < 1.29 is 26.4 Å². The van der Waals surface area contributed by atoms with Gasteiger partial charge in [-0.2, -0.15) is 0 Å². The van der Waals surface area contributed by atoms with Gasteiger partial charge in [0.25, 0.3) is 0 Å². The number of benzene rings is 3. The molecular weight excluding hydrogens is 462 g/mol. The maximum Gasteiger partial charge on any atom is 0.324 e. The highest BCUT2D eigenvalue weighted by molar-refractivity contribution is 7.96. The monoisotopic (exact) mass is 485 g/mol. The summed E-state index contributed by atoms with van der Waals surface area (Å²) < 4.78 is 60.3. The molecule has 172 valence electrons. The zero-order chi connectivity index (χ0) is 23.6. The summed E-state index contributed by atoms with van der Waals surface area (Å²) in [4.78, 5) is 12.7. The molecule has 0 spiro atoms. The van der Waals surface area contributed by atoms with E-state index in [-0.39, 0.29) is 9.79 Å². The van der Waals surface area contributed by atoms with Crippen molar-refractivity contribution in [3.8, 4) is 0 Å². The molecule has 0 amide bonds. The van der Waals surface area contributed by atoms with Crippen LogP contribution in [-0.2, 0) is 29.2 Å². The highest BCUT2D eigenvalue weighted by Crippen LogP contribution is 2.41. The summed E-state index contributed by atoms with van der Waals surface area (Å²) in [5.74, 6) is -0.841. The number of hydrogen-bond donors (Lipinski definition) is 1. The van der Waals surface area contributed by atoms with Crippen LogP contribution in [0.1, 0.15) is 11.6 Å². The van der Waals surface area contributed by atoms with E-state index in [0.717, 1.165) is 7.11 Å². The number of carbonyl (C=O) groups excluding carboxylic acids is 1. The number of nitrogens with one attached hydrogen (secondary N) is 1. The van der Waals surface area contributed by atoms with Gasteiger partial charge in [0.15, 0.2) is 19.7 Å². The first-order valence-electron chi connectivity index (χ1n) is 10.2. The van der Waals surface area contributed by atoms with Gasteiger partial charge in [0.05, 0.1) is 22.9 Å². The number of esters is 1. The van der Waals surface area contributed by atoms with Crippen LogP contribution in [0.25, 0.3) is 0 Å². The minimum absolute atomic E-state index is 0.0171. The summed E-state index contributed by atoms with van der Waals surface area (Å²) in [7, 11) is -7.32. The Labute approximate surface area is 193 Å². The third-order valence-electron chi connectivity index (χ3n) is 5.81. The maximum atomic E-state index is 13.9. The number of ether oxygens (including phenoxy) is 1. The average Bonchev–Trinajstić information content (AvgIpc) is 3.28. The topological polar surface area (TPSA) is 107 Å². The quantitative estimate of drug-likeness (QED) is 0.535. The predicted molar refractivity (Wildman–Crippen MR) is 123 cm³/mol. The fourth-order valence-corrected chi connectivity index (χ4v) is 9.03. The van der Waals surface area contributed by atoms with Crippen molar-refractivity contribution in [1.82, 2.24) is 5.32 Å². The molecule has 4 rings (SSSR count). The standard InChI is InChI=1S/C24H23NO6S2/c1-31-24(26)21-23(33(29,30)19-15-9-4-10-16-19)22(20(25-21)17-11-5-2-6-12-17)32(27,28)18-13-7-3-8-14-18/h2-16,20-23,25H,1H3/t20-,21-,22+,23+/m1/s1. The van der Waals surface area contributed by atoms with Gasteiger partial charge in [0, 0.05) is 0 Å². The summed E-state index contributed by atoms with van der Waals surface area (Å²) >= 11 is 0. The lowest BCUT2D eigenvalue weighted by atomic mass is 10.0. The first kappa shape index (κ1) is 23.2. The Kier molecular flexibility index (Phi) is 6.38. The maximum absolute atomic E-state index is 13.9. The molecular formula is C24H23NO6S2. The fourth-order valence-electron chi connectivity index (χ4n) is 4.28. The molecule has 7 nitrogen and oxygen atoms in total. The van der Waals surface area contributed by atoms with Gasteiger partial charge < -0.3 is 4.74 Å². The molecule has 1 fully saturated rings. The van der Waals surface area contributed by atoms with Crippen LogP contribution < -0.4 is 5.32 Å². The molecule has 1 saturated heterocycles. The first-order valence-corrected chi connectivity index (χ1v) is 13.3. The van der Waals surface area contributed by atoms with Crippen molar-refractivity contribution in [1.29, 1.82) is 0 Å². The Balaban J connectivity index is 1.97. The molecule has 0 aromatic heterocycles. The van der Waals surface area contributed by atoms with E-state index in [0.29, 0.717) is 5.56 Å². The highest BCUT2D eigenvalue weighted by Gasteiger charge is 2.59. The molecule has 0 saturated carbocycles. The highest BCUT2D eigenvalue weighted by atomic mass is 32.2. The second kappa shape index (κ2) is 9.09. The van der Waals surface area contributed by atoms with E-state index in [2.05, 4.69) is 5.32 Å². The second-order valence-corrected chi connectivity index (χ2v) is 11.9. The zero-order valence-electron chi connectivity index (χ0n) is 17.7. The molecule has 0 aliphatic carbocycles. The van der Waals surface area contributed by atoms with Crippen LogP contribution in [-0.4, -0.2) is 46.5 Å². The Hall–Kier alpha value is -3.01. The zero-order valence-corrected chi connectivity index (χ0v) is 19.4. The van der Waals surface area contributed by atoms with Gasteiger partial charge >= 0.3 is 5.97 Å². The number of methoxy groups -OCH3 is 1. The van der Waals surface area contributed by atoms with Gasteiger partial charge in [-0.1, -0.05) is 66.7 Å². The molecule has 1 aliphatic rings. The lowest BCUT2D eigenvalue weighted by Crippen LogP contribution is -2.47. The fraction of sp³-hybridized carbons (Fsp3) is 0.208. The molecule has 1 heterocycles. The van der Waals surface area contributed by atoms with Crippen molar-refractivity contribution in [3.05, 3.63) is 96.6 Å². The molecule has 9 heteroatoms. The summed E-state index contributed by atoms with van der Waals surface area (Å²) in [6, 6.07) is 21.5. The van der Waals surface area contributed by atoms with Crippen LogP contribution >= 0.6 is 0 Å². The van der Waals surface area contributed by atoms with Gasteiger partial charge in [0.2, 0.25) is 0 Å². The minimum Gasteiger partial charge on any atom is -0.468 e. The SMILES string of the molecule is COC(=O)[C@@H]1N[C@H](c2ccccc2)[C@H](S(=O)(=O)c2ccccc2)[C@H]1S(=O)(=O)c1ccccc1. The Bertz CT molecular complexity index is 1330. The van der Waals surface area contributed by atoms with Crippen molar-refractivity contribution in [2.75, 3.05) is 7.11 Å². The summed E-state index contributed by atoms with van der Waals surface area (Å²) in [6.45, 7) is 0. The van der Waals surface area contributed by atoms with E-state index < -0.39 is 48.2 Å². The molecule has 0 unspecified atom stereocenters. The molecule has 3 aromatic carbocycles. The molecule has 1 aliphatic heterocycles. The van der Waals surface area contributed by atoms with Gasteiger partial charge in [0.1, 0.15) is 16.5 Å². The van der Waals surface area contributed by atoms with Crippen molar-refractivity contribution in [2.24, 2.45) is 0 Å². The summed E-state index contributed by atoms with van der Waals surface area (Å²) in [6.07, 6.45) is 0. The first-order chi connectivity index (χ1) is 15.8. The number of carbonyl (C=O) groups is 1. The normalized spacial score (nSPS) is 23.2. The van der Waals surface area contributed by atoms with E-state index in [1.54, 1.807) is 66.7 Å². The Morgan fingerprint density at radius 3 is 1.58 bits per heavy atom. The smallest absolute Gasteiger partial charge is 0.324 e. The number of sulfone groups is 2. The lowest BCUT2D eigenvalue weighted by Gasteiger charge is -2.25. The van der Waals surface area contributed by atoms with Crippen molar-refractivity contribution >= 4 is 25.6 Å². The van der Waals surface area contributed by atoms with Gasteiger partial charge in [-0.05, 0) is 29.8 Å². The summed E-state index contributed by atoms with van der Waals surface area (Å²) in [5.41, 5.74) is 0.557. The lowest BCUT2D eigenvalue weighted by molar-refractivity contribution is -0.142. The molecule has 0 radical (unpaired) electrons. The van der Waals surface area contributed by atoms with Gasteiger partial charge in [-0.25, -0.2) is 16.8 Å². The van der Waals surface area contributed by atoms with Crippen LogP contribution in [0.4, 0.5) is 0 Å². The average molecular weight is 486 g/mol. The second-order valence-electron chi connectivity index (χ2n) is 7.70. The van der Waals surface area contributed by atoms with Crippen LogP contribution in [0, 0.1) is 0 Å². The van der Waals surface area contributed by atoms with Crippen LogP contribution in [0.5, 0.6) is 0 Å². The van der Waals surface area contributed by atoms with Crippen molar-refractivity contribution in [2.45, 2.75) is 32.4 Å². The Morgan fingerprint density at radius 2 is 1.12 bits per heavy atom. The van der Waals surface area contributed by atoms with Crippen LogP contribution in [0.2, 0.25) is 0 Å².